The molecule has 1 saturated heterocycles. The van der Waals surface area contributed by atoms with Gasteiger partial charge in [0.1, 0.15) is 22.2 Å². The molecule has 1 fully saturated rings. The molecule has 0 aromatic carbocycles. The number of likely N-dealkylation sites (tertiary alicyclic amines) is 1. The lowest BCUT2D eigenvalue weighted by atomic mass is 10.0. The minimum absolute atomic E-state index is 0.0557. The fraction of sp³-hybridized carbons (Fsp3) is 0.500. The Kier molecular flexibility index (Phi) is 5.05. The Morgan fingerprint density at radius 1 is 1.38 bits per heavy atom. The standard InChI is InChI=1S/C16H20N4O2S2/c1-9-10(2)24-16-13(9)15(18-8-19-16)23-7-12(21)20-6-4-3-5-11(20)14(17)22/h8,11H,3-7H2,1-2H3,(H2,17,22)/t11-/m1/s1. The first-order valence-electron chi connectivity index (χ1n) is 7.91. The van der Waals surface area contributed by atoms with Crippen LogP contribution >= 0.6 is 23.1 Å². The van der Waals surface area contributed by atoms with Gasteiger partial charge in [-0.1, -0.05) is 11.8 Å². The minimum Gasteiger partial charge on any atom is -0.368 e. The summed E-state index contributed by atoms with van der Waals surface area (Å²) in [6, 6.07) is -0.470. The number of hydrogen-bond donors (Lipinski definition) is 1. The maximum absolute atomic E-state index is 12.6. The number of thioether (sulfide) groups is 1. The molecule has 2 aromatic rings. The monoisotopic (exact) mass is 364 g/mol. The molecule has 3 rings (SSSR count). The number of piperidine rings is 1. The lowest BCUT2D eigenvalue weighted by Gasteiger charge is -2.33. The van der Waals surface area contributed by atoms with E-state index in [0.717, 1.165) is 28.1 Å². The van der Waals surface area contributed by atoms with Crippen LogP contribution in [0.1, 0.15) is 29.7 Å². The number of fused-ring (bicyclic) bond motifs is 1. The maximum atomic E-state index is 12.6. The zero-order chi connectivity index (χ0) is 17.3. The molecule has 24 heavy (non-hydrogen) atoms. The van der Waals surface area contributed by atoms with Gasteiger partial charge in [0.2, 0.25) is 11.8 Å². The molecule has 1 atom stereocenters. The van der Waals surface area contributed by atoms with Crippen LogP contribution in [0.15, 0.2) is 11.4 Å². The molecule has 2 N–H and O–H groups in total. The van der Waals surface area contributed by atoms with Gasteiger partial charge < -0.3 is 10.6 Å². The SMILES string of the molecule is Cc1sc2ncnc(SCC(=O)N3CCCC[C@@H]3C(N)=O)c2c1C. The van der Waals surface area contributed by atoms with Crippen molar-refractivity contribution in [2.45, 2.75) is 44.2 Å². The summed E-state index contributed by atoms with van der Waals surface area (Å²) in [5.41, 5.74) is 6.61. The lowest BCUT2D eigenvalue weighted by Crippen LogP contribution is -2.51. The summed E-state index contributed by atoms with van der Waals surface area (Å²) in [5, 5.41) is 1.85. The number of rotatable bonds is 4. The van der Waals surface area contributed by atoms with Crippen LogP contribution in [0, 0.1) is 13.8 Å². The number of primary amides is 1. The molecule has 6 nitrogen and oxygen atoms in total. The summed E-state index contributed by atoms with van der Waals surface area (Å²) in [6.07, 6.45) is 4.05. The molecule has 8 heteroatoms. The van der Waals surface area contributed by atoms with Crippen LogP contribution < -0.4 is 5.73 Å². The van der Waals surface area contributed by atoms with Crippen molar-refractivity contribution in [3.05, 3.63) is 16.8 Å². The van der Waals surface area contributed by atoms with E-state index in [2.05, 4.69) is 23.8 Å². The molecule has 1 aliphatic heterocycles. The quantitative estimate of drug-likeness (QED) is 0.664. The number of carbonyl (C=O) groups is 2. The van der Waals surface area contributed by atoms with Crippen LogP contribution in [0.2, 0.25) is 0 Å². The van der Waals surface area contributed by atoms with Crippen LogP contribution in [0.4, 0.5) is 0 Å². The van der Waals surface area contributed by atoms with Crippen molar-refractivity contribution in [2.75, 3.05) is 12.3 Å². The highest BCUT2D eigenvalue weighted by Gasteiger charge is 2.30. The average Bonchev–Trinajstić information content (AvgIpc) is 2.87. The van der Waals surface area contributed by atoms with Crippen molar-refractivity contribution in [3.8, 4) is 0 Å². The number of thiophene rings is 1. The van der Waals surface area contributed by atoms with Gasteiger partial charge in [-0.05, 0) is 38.7 Å². The van der Waals surface area contributed by atoms with Crippen molar-refractivity contribution in [1.29, 1.82) is 0 Å². The Hall–Kier alpha value is -1.67. The highest BCUT2D eigenvalue weighted by molar-refractivity contribution is 8.00. The lowest BCUT2D eigenvalue weighted by molar-refractivity contribution is -0.138. The molecule has 0 bridgehead atoms. The fourth-order valence-corrected chi connectivity index (χ4v) is 5.00. The number of amides is 2. The first kappa shape index (κ1) is 17.2. The van der Waals surface area contributed by atoms with Crippen molar-refractivity contribution in [3.63, 3.8) is 0 Å². The highest BCUT2D eigenvalue weighted by Crippen LogP contribution is 2.34. The molecular formula is C16H20N4O2S2. The van der Waals surface area contributed by atoms with E-state index in [-0.39, 0.29) is 11.7 Å². The molecule has 1 aliphatic rings. The summed E-state index contributed by atoms with van der Waals surface area (Å²) >= 11 is 3.04. The smallest absolute Gasteiger partial charge is 0.240 e. The van der Waals surface area contributed by atoms with E-state index in [1.807, 2.05) is 0 Å². The van der Waals surface area contributed by atoms with Gasteiger partial charge in [0.25, 0.3) is 0 Å². The van der Waals surface area contributed by atoms with E-state index in [0.29, 0.717) is 13.0 Å². The van der Waals surface area contributed by atoms with Gasteiger partial charge >= 0.3 is 0 Å². The Balaban J connectivity index is 1.76. The summed E-state index contributed by atoms with van der Waals surface area (Å²) in [6.45, 7) is 4.71. The second kappa shape index (κ2) is 7.06. The molecular weight excluding hydrogens is 344 g/mol. The molecule has 128 valence electrons. The number of aromatic nitrogens is 2. The normalized spacial score (nSPS) is 18.1. The second-order valence-corrected chi connectivity index (χ2v) is 8.10. The van der Waals surface area contributed by atoms with E-state index in [4.69, 9.17) is 5.73 Å². The molecule has 0 aliphatic carbocycles. The largest absolute Gasteiger partial charge is 0.368 e. The zero-order valence-corrected chi connectivity index (χ0v) is 15.4. The van der Waals surface area contributed by atoms with Crippen LogP contribution in [0.3, 0.4) is 0 Å². The van der Waals surface area contributed by atoms with Crippen molar-refractivity contribution in [1.82, 2.24) is 14.9 Å². The summed E-state index contributed by atoms with van der Waals surface area (Å²) in [5.74, 6) is -0.217. The Labute approximate surface area is 148 Å². The Morgan fingerprint density at radius 3 is 2.92 bits per heavy atom. The topological polar surface area (TPSA) is 89.2 Å². The van der Waals surface area contributed by atoms with Crippen LogP contribution in [-0.4, -0.2) is 45.0 Å². The predicted octanol–water partition coefficient (Wildman–Crippen LogP) is 2.27. The summed E-state index contributed by atoms with van der Waals surface area (Å²) in [4.78, 5) is 36.6. The van der Waals surface area contributed by atoms with Crippen LogP contribution in [-0.2, 0) is 9.59 Å². The third-order valence-corrected chi connectivity index (χ3v) is 6.50. The van der Waals surface area contributed by atoms with E-state index < -0.39 is 11.9 Å². The van der Waals surface area contributed by atoms with E-state index >= 15 is 0 Å². The van der Waals surface area contributed by atoms with Crippen molar-refractivity contribution < 1.29 is 9.59 Å². The molecule has 0 spiro atoms. The van der Waals surface area contributed by atoms with Gasteiger partial charge in [0, 0.05) is 16.8 Å². The second-order valence-electron chi connectivity index (χ2n) is 5.93. The molecule has 0 radical (unpaired) electrons. The molecule has 2 aromatic heterocycles. The Bertz CT molecular complexity index is 790. The van der Waals surface area contributed by atoms with Gasteiger partial charge in [0.05, 0.1) is 5.75 Å². The molecule has 0 saturated carbocycles. The highest BCUT2D eigenvalue weighted by atomic mass is 32.2. The first-order valence-corrected chi connectivity index (χ1v) is 9.71. The summed E-state index contributed by atoms with van der Waals surface area (Å²) < 4.78 is 0. The van der Waals surface area contributed by atoms with Gasteiger partial charge in [-0.3, -0.25) is 9.59 Å². The predicted molar refractivity (Wildman–Crippen MR) is 96.2 cm³/mol. The number of hydrogen-bond acceptors (Lipinski definition) is 6. The number of nitrogens with zero attached hydrogens (tertiary/aromatic N) is 3. The Morgan fingerprint density at radius 2 is 2.17 bits per heavy atom. The van der Waals surface area contributed by atoms with Crippen LogP contribution in [0.5, 0.6) is 0 Å². The van der Waals surface area contributed by atoms with Gasteiger partial charge in [0.15, 0.2) is 0 Å². The molecule has 0 unspecified atom stereocenters. The van der Waals surface area contributed by atoms with E-state index in [1.54, 1.807) is 16.2 Å². The van der Waals surface area contributed by atoms with Gasteiger partial charge in [-0.15, -0.1) is 11.3 Å². The number of aryl methyl sites for hydroxylation is 2. The van der Waals surface area contributed by atoms with E-state index in [1.165, 1.54) is 28.5 Å². The number of carbonyl (C=O) groups excluding carboxylic acids is 2. The van der Waals surface area contributed by atoms with Gasteiger partial charge in [-0.2, -0.15) is 0 Å². The average molecular weight is 364 g/mol. The maximum Gasteiger partial charge on any atom is 0.240 e. The number of nitrogens with two attached hydrogens (primary N) is 1. The first-order chi connectivity index (χ1) is 11.5. The third kappa shape index (κ3) is 3.25. The minimum atomic E-state index is -0.470. The van der Waals surface area contributed by atoms with Crippen molar-refractivity contribution in [2.24, 2.45) is 5.73 Å². The van der Waals surface area contributed by atoms with Crippen molar-refractivity contribution >= 4 is 45.1 Å². The summed E-state index contributed by atoms with van der Waals surface area (Å²) in [7, 11) is 0. The molecule has 2 amide bonds. The fourth-order valence-electron chi connectivity index (χ4n) is 3.00. The van der Waals surface area contributed by atoms with Crippen LogP contribution in [0.25, 0.3) is 10.2 Å². The zero-order valence-electron chi connectivity index (χ0n) is 13.7. The third-order valence-electron chi connectivity index (χ3n) is 4.41. The van der Waals surface area contributed by atoms with E-state index in [9.17, 15) is 9.59 Å². The molecule has 3 heterocycles. The van der Waals surface area contributed by atoms with Gasteiger partial charge in [-0.25, -0.2) is 9.97 Å².